The van der Waals surface area contributed by atoms with Gasteiger partial charge in [0, 0.05) is 6.20 Å². The monoisotopic (exact) mass is 335 g/mol. The third kappa shape index (κ3) is 4.10. The molecule has 1 atom stereocenters. The molecule has 7 heteroatoms. The molecule has 22 heavy (non-hydrogen) atoms. The number of pyridine rings is 1. The van der Waals surface area contributed by atoms with E-state index in [9.17, 15) is 4.79 Å². The number of nitrogens with one attached hydrogen (secondary N) is 1. The maximum absolute atomic E-state index is 12.0. The van der Waals surface area contributed by atoms with Gasteiger partial charge < -0.3 is 10.1 Å². The summed E-state index contributed by atoms with van der Waals surface area (Å²) in [6.07, 6.45) is 0.642. The van der Waals surface area contributed by atoms with Crippen LogP contribution in [0.4, 0.5) is 5.82 Å². The van der Waals surface area contributed by atoms with Crippen molar-refractivity contribution in [2.24, 2.45) is 0 Å². The number of ether oxygens (including phenoxy) is 1. The summed E-state index contributed by atoms with van der Waals surface area (Å²) in [6.45, 7) is 1.58. The first-order valence-corrected chi connectivity index (χ1v) is 7.04. The average molecular weight is 336 g/mol. The molecule has 1 aromatic carbocycles. The third-order valence-electron chi connectivity index (χ3n) is 2.71. The van der Waals surface area contributed by atoms with E-state index in [-0.39, 0.29) is 10.9 Å². The molecular weight excluding hydrogens is 325 g/mol. The van der Waals surface area contributed by atoms with Gasteiger partial charge in [0.2, 0.25) is 0 Å². The van der Waals surface area contributed by atoms with Gasteiger partial charge in [-0.3, -0.25) is 4.79 Å². The van der Waals surface area contributed by atoms with E-state index in [1.165, 1.54) is 12.3 Å². The number of carbonyl (C=O) groups is 1. The van der Waals surface area contributed by atoms with Gasteiger partial charge >= 0.3 is 0 Å². The van der Waals surface area contributed by atoms with Crippen molar-refractivity contribution in [3.8, 4) is 11.8 Å². The first kappa shape index (κ1) is 16.1. The Labute approximate surface area is 137 Å². The number of anilines is 1. The molecule has 0 saturated heterocycles. The third-order valence-corrected chi connectivity index (χ3v) is 3.23. The van der Waals surface area contributed by atoms with Crippen LogP contribution in [0.5, 0.6) is 5.75 Å². The van der Waals surface area contributed by atoms with Gasteiger partial charge in [0.1, 0.15) is 11.6 Å². The fourth-order valence-corrected chi connectivity index (χ4v) is 1.92. The standard InChI is InChI=1S/C15H11Cl2N3O2/c1-9(15(21)20-14-5-3-11(16)8-19-14)22-13-4-2-10(7-18)6-12(13)17/h2-6,8-9H,1H3,(H,19,20,21)/t9-/m1/s1. The number of rotatable bonds is 4. The molecule has 2 aromatic rings. The number of aromatic nitrogens is 1. The predicted molar refractivity (Wildman–Crippen MR) is 84.1 cm³/mol. The molecule has 0 spiro atoms. The van der Waals surface area contributed by atoms with Crippen molar-refractivity contribution in [2.75, 3.05) is 5.32 Å². The van der Waals surface area contributed by atoms with Gasteiger partial charge in [-0.1, -0.05) is 23.2 Å². The zero-order valence-corrected chi connectivity index (χ0v) is 13.0. The lowest BCUT2D eigenvalue weighted by Crippen LogP contribution is -2.30. The molecule has 112 valence electrons. The average Bonchev–Trinajstić information content (AvgIpc) is 2.51. The Hall–Kier alpha value is -2.29. The van der Waals surface area contributed by atoms with Gasteiger partial charge in [-0.25, -0.2) is 4.98 Å². The normalized spacial score (nSPS) is 11.4. The first-order valence-electron chi connectivity index (χ1n) is 6.28. The van der Waals surface area contributed by atoms with Crippen LogP contribution in [0.25, 0.3) is 0 Å². The van der Waals surface area contributed by atoms with Gasteiger partial charge in [-0.15, -0.1) is 0 Å². The minimum atomic E-state index is -0.789. The highest BCUT2D eigenvalue weighted by molar-refractivity contribution is 6.32. The van der Waals surface area contributed by atoms with Crippen LogP contribution in [-0.4, -0.2) is 17.0 Å². The van der Waals surface area contributed by atoms with Crippen molar-refractivity contribution in [3.05, 3.63) is 52.1 Å². The molecule has 2 rings (SSSR count). The van der Waals surface area contributed by atoms with Gasteiger partial charge in [0.15, 0.2) is 6.10 Å². The lowest BCUT2D eigenvalue weighted by atomic mass is 10.2. The quantitative estimate of drug-likeness (QED) is 0.924. The highest BCUT2D eigenvalue weighted by Gasteiger charge is 2.17. The second-order valence-corrected chi connectivity index (χ2v) is 5.21. The fraction of sp³-hybridized carbons (Fsp3) is 0.133. The van der Waals surface area contributed by atoms with Crippen molar-refractivity contribution in [1.82, 2.24) is 4.98 Å². The van der Waals surface area contributed by atoms with Crippen LogP contribution in [0.3, 0.4) is 0 Å². The highest BCUT2D eigenvalue weighted by atomic mass is 35.5. The second kappa shape index (κ2) is 7.12. The minimum absolute atomic E-state index is 0.267. The minimum Gasteiger partial charge on any atom is -0.479 e. The summed E-state index contributed by atoms with van der Waals surface area (Å²) in [7, 11) is 0. The summed E-state index contributed by atoms with van der Waals surface area (Å²) < 4.78 is 5.50. The van der Waals surface area contributed by atoms with Crippen LogP contribution in [-0.2, 0) is 4.79 Å². The molecule has 0 saturated carbocycles. The van der Waals surface area contributed by atoms with Crippen molar-refractivity contribution in [1.29, 1.82) is 5.26 Å². The molecule has 0 unspecified atom stereocenters. The summed E-state index contributed by atoms with van der Waals surface area (Å²) in [5.74, 6) is 0.318. The second-order valence-electron chi connectivity index (χ2n) is 4.37. The number of benzene rings is 1. The first-order chi connectivity index (χ1) is 10.5. The van der Waals surface area contributed by atoms with Gasteiger partial charge in [-0.05, 0) is 37.3 Å². The molecule has 1 heterocycles. The summed E-state index contributed by atoms with van der Waals surface area (Å²) in [5, 5.41) is 12.1. The zero-order valence-electron chi connectivity index (χ0n) is 11.5. The highest BCUT2D eigenvalue weighted by Crippen LogP contribution is 2.26. The van der Waals surface area contributed by atoms with E-state index < -0.39 is 6.10 Å². The van der Waals surface area contributed by atoms with E-state index in [0.717, 1.165) is 0 Å². The van der Waals surface area contributed by atoms with E-state index in [0.29, 0.717) is 22.2 Å². The maximum Gasteiger partial charge on any atom is 0.266 e. The summed E-state index contributed by atoms with van der Waals surface area (Å²) in [6, 6.07) is 9.76. The Kier molecular flexibility index (Phi) is 5.21. The van der Waals surface area contributed by atoms with Crippen molar-refractivity contribution < 1.29 is 9.53 Å². The number of hydrogen-bond donors (Lipinski definition) is 1. The number of hydrogen-bond acceptors (Lipinski definition) is 4. The van der Waals surface area contributed by atoms with Crippen molar-refractivity contribution in [2.45, 2.75) is 13.0 Å². The molecule has 0 aliphatic heterocycles. The smallest absolute Gasteiger partial charge is 0.266 e. The van der Waals surface area contributed by atoms with E-state index in [2.05, 4.69) is 10.3 Å². The van der Waals surface area contributed by atoms with Crippen molar-refractivity contribution in [3.63, 3.8) is 0 Å². The molecule has 5 nitrogen and oxygen atoms in total. The van der Waals surface area contributed by atoms with Crippen LogP contribution in [0, 0.1) is 11.3 Å². The van der Waals surface area contributed by atoms with Crippen LogP contribution in [0.15, 0.2) is 36.5 Å². The molecule has 0 radical (unpaired) electrons. The van der Waals surface area contributed by atoms with Crippen LogP contribution < -0.4 is 10.1 Å². The molecule has 0 fully saturated rings. The fourth-order valence-electron chi connectivity index (χ4n) is 1.59. The van der Waals surface area contributed by atoms with E-state index >= 15 is 0 Å². The Balaban J connectivity index is 2.02. The SMILES string of the molecule is C[C@@H](Oc1ccc(C#N)cc1Cl)C(=O)Nc1ccc(Cl)cn1. The maximum atomic E-state index is 12.0. The van der Waals surface area contributed by atoms with E-state index in [1.54, 1.807) is 31.2 Å². The Morgan fingerprint density at radius 2 is 2.14 bits per heavy atom. The number of carbonyl (C=O) groups excluding carboxylic acids is 1. The predicted octanol–water partition coefficient (Wildman–Crippen LogP) is 3.67. The summed E-state index contributed by atoms with van der Waals surface area (Å²) in [4.78, 5) is 16.0. The number of nitriles is 1. The Morgan fingerprint density at radius 3 is 2.73 bits per heavy atom. The van der Waals surface area contributed by atoms with E-state index in [1.807, 2.05) is 6.07 Å². The lowest BCUT2D eigenvalue weighted by molar-refractivity contribution is -0.122. The number of halogens is 2. The largest absolute Gasteiger partial charge is 0.479 e. The molecule has 0 aliphatic rings. The molecule has 1 aromatic heterocycles. The molecule has 0 aliphatic carbocycles. The van der Waals surface area contributed by atoms with Crippen LogP contribution in [0.2, 0.25) is 10.0 Å². The van der Waals surface area contributed by atoms with Gasteiger partial charge in [0.25, 0.3) is 5.91 Å². The van der Waals surface area contributed by atoms with Gasteiger partial charge in [0.05, 0.1) is 21.7 Å². The Morgan fingerprint density at radius 1 is 1.36 bits per heavy atom. The van der Waals surface area contributed by atoms with Gasteiger partial charge in [-0.2, -0.15) is 5.26 Å². The molecular formula is C15H11Cl2N3O2. The zero-order chi connectivity index (χ0) is 16.1. The Bertz CT molecular complexity index is 727. The summed E-state index contributed by atoms with van der Waals surface area (Å²) >= 11 is 11.7. The van der Waals surface area contributed by atoms with Crippen molar-refractivity contribution >= 4 is 34.9 Å². The molecule has 1 amide bonds. The van der Waals surface area contributed by atoms with Crippen LogP contribution in [0.1, 0.15) is 12.5 Å². The number of amides is 1. The lowest BCUT2D eigenvalue weighted by Gasteiger charge is -2.15. The topological polar surface area (TPSA) is 75.0 Å². The molecule has 0 bridgehead atoms. The summed E-state index contributed by atoms with van der Waals surface area (Å²) in [5.41, 5.74) is 0.416. The van der Waals surface area contributed by atoms with Crippen LogP contribution >= 0.6 is 23.2 Å². The molecule has 1 N–H and O–H groups in total. The van der Waals surface area contributed by atoms with E-state index in [4.69, 9.17) is 33.2 Å². The number of nitrogens with zero attached hydrogens (tertiary/aromatic N) is 2.